The van der Waals surface area contributed by atoms with Gasteiger partial charge in [0.25, 0.3) is 5.56 Å². The van der Waals surface area contributed by atoms with Gasteiger partial charge in [-0.3, -0.25) is 9.59 Å². The minimum absolute atomic E-state index is 0.0153. The Bertz CT molecular complexity index is 854. The summed E-state index contributed by atoms with van der Waals surface area (Å²) in [5.41, 5.74) is 2.81. The van der Waals surface area contributed by atoms with Crippen LogP contribution in [0.2, 0.25) is 0 Å². The van der Waals surface area contributed by atoms with Crippen LogP contribution in [0, 0.1) is 5.92 Å². The Morgan fingerprint density at radius 3 is 2.54 bits per heavy atom. The van der Waals surface area contributed by atoms with Crippen molar-refractivity contribution in [1.29, 1.82) is 0 Å². The van der Waals surface area contributed by atoms with E-state index in [1.165, 1.54) is 0 Å². The number of phenols is 1. The van der Waals surface area contributed by atoms with Crippen LogP contribution >= 0.6 is 0 Å². The van der Waals surface area contributed by atoms with Crippen molar-refractivity contribution in [2.45, 2.75) is 25.8 Å². The molecule has 4 rings (SSSR count). The predicted octanol–water partition coefficient (Wildman–Crippen LogP) is 2.19. The monoisotopic (exact) mass is 324 g/mol. The van der Waals surface area contributed by atoms with E-state index in [0.717, 1.165) is 29.8 Å². The van der Waals surface area contributed by atoms with Crippen molar-refractivity contribution in [3.63, 3.8) is 0 Å². The molecule has 0 radical (unpaired) electrons. The number of amides is 1. The van der Waals surface area contributed by atoms with Gasteiger partial charge in [-0.15, -0.1) is 0 Å². The lowest BCUT2D eigenvalue weighted by Crippen LogP contribution is -2.48. The summed E-state index contributed by atoms with van der Waals surface area (Å²) in [6.07, 6.45) is 1.03. The SMILES string of the molecule is CC(=O)N1C[C@@H]2C[C@H](C1)c1cc(-c3ccc(O)cc3)cc(=O)n1C2. The Kier molecular flexibility index (Phi) is 3.44. The van der Waals surface area contributed by atoms with E-state index in [1.807, 2.05) is 21.6 Å². The summed E-state index contributed by atoms with van der Waals surface area (Å²) < 4.78 is 1.88. The van der Waals surface area contributed by atoms with Crippen LogP contribution in [0.25, 0.3) is 11.1 Å². The molecule has 0 unspecified atom stereocenters. The van der Waals surface area contributed by atoms with Crippen LogP contribution in [0.5, 0.6) is 5.75 Å². The molecule has 1 aromatic carbocycles. The number of hydrogen-bond acceptors (Lipinski definition) is 3. The maximum Gasteiger partial charge on any atom is 0.251 e. The van der Waals surface area contributed by atoms with Crippen LogP contribution in [0.3, 0.4) is 0 Å². The van der Waals surface area contributed by atoms with Gasteiger partial charge in [-0.1, -0.05) is 12.1 Å². The number of fused-ring (bicyclic) bond motifs is 4. The summed E-state index contributed by atoms with van der Waals surface area (Å²) in [5, 5.41) is 9.44. The van der Waals surface area contributed by atoms with Crippen LogP contribution in [0.15, 0.2) is 41.2 Å². The maximum atomic E-state index is 12.6. The number of rotatable bonds is 1. The van der Waals surface area contributed by atoms with Gasteiger partial charge in [0.05, 0.1) is 0 Å². The fourth-order valence-corrected chi connectivity index (χ4v) is 4.04. The summed E-state index contributed by atoms with van der Waals surface area (Å²) >= 11 is 0. The molecule has 3 heterocycles. The van der Waals surface area contributed by atoms with Crippen molar-refractivity contribution in [3.8, 4) is 16.9 Å². The molecule has 5 heteroatoms. The van der Waals surface area contributed by atoms with Crippen molar-refractivity contribution in [3.05, 3.63) is 52.4 Å². The highest BCUT2D eigenvalue weighted by Crippen LogP contribution is 2.36. The van der Waals surface area contributed by atoms with Gasteiger partial charge >= 0.3 is 0 Å². The zero-order valence-corrected chi connectivity index (χ0v) is 13.6. The van der Waals surface area contributed by atoms with Gasteiger partial charge in [-0.05, 0) is 41.7 Å². The minimum Gasteiger partial charge on any atom is -0.508 e. The average molecular weight is 324 g/mol. The van der Waals surface area contributed by atoms with Gasteiger partial charge in [-0.25, -0.2) is 0 Å². The van der Waals surface area contributed by atoms with Crippen molar-refractivity contribution in [2.75, 3.05) is 13.1 Å². The second-order valence-corrected chi connectivity index (χ2v) is 6.89. The summed E-state index contributed by atoms with van der Waals surface area (Å²) in [6, 6.07) is 10.6. The zero-order chi connectivity index (χ0) is 16.8. The van der Waals surface area contributed by atoms with Crippen LogP contribution in [-0.2, 0) is 11.3 Å². The molecule has 24 heavy (non-hydrogen) atoms. The second kappa shape index (κ2) is 5.51. The number of likely N-dealkylation sites (tertiary alicyclic amines) is 1. The summed E-state index contributed by atoms with van der Waals surface area (Å²) in [7, 11) is 0. The van der Waals surface area contributed by atoms with Crippen molar-refractivity contribution in [2.24, 2.45) is 5.92 Å². The molecule has 124 valence electrons. The highest BCUT2D eigenvalue weighted by atomic mass is 16.3. The van der Waals surface area contributed by atoms with Crippen LogP contribution in [-0.4, -0.2) is 33.6 Å². The predicted molar refractivity (Wildman–Crippen MR) is 90.9 cm³/mol. The minimum atomic E-state index is 0.0153. The van der Waals surface area contributed by atoms with Gasteiger partial charge in [0.2, 0.25) is 5.91 Å². The van der Waals surface area contributed by atoms with Crippen LogP contribution in [0.4, 0.5) is 0 Å². The molecule has 2 aliphatic rings. The van der Waals surface area contributed by atoms with Gasteiger partial charge in [0.1, 0.15) is 5.75 Å². The molecule has 1 fully saturated rings. The first-order valence-electron chi connectivity index (χ1n) is 8.31. The van der Waals surface area contributed by atoms with E-state index in [-0.39, 0.29) is 23.1 Å². The maximum absolute atomic E-state index is 12.6. The van der Waals surface area contributed by atoms with E-state index < -0.39 is 0 Å². The molecule has 1 N–H and O–H groups in total. The molecule has 1 aromatic heterocycles. The molecule has 0 spiro atoms. The smallest absolute Gasteiger partial charge is 0.251 e. The summed E-state index contributed by atoms with van der Waals surface area (Å²) in [5.74, 6) is 0.888. The van der Waals surface area contributed by atoms with Crippen LogP contribution < -0.4 is 5.56 Å². The number of benzene rings is 1. The average Bonchev–Trinajstić information content (AvgIpc) is 2.56. The van der Waals surface area contributed by atoms with Crippen LogP contribution in [0.1, 0.15) is 25.0 Å². The van der Waals surface area contributed by atoms with E-state index in [1.54, 1.807) is 25.1 Å². The molecule has 0 aliphatic carbocycles. The number of piperidine rings is 1. The van der Waals surface area contributed by atoms with E-state index >= 15 is 0 Å². The zero-order valence-electron chi connectivity index (χ0n) is 13.6. The molecular formula is C19H20N2O3. The fraction of sp³-hybridized carbons (Fsp3) is 0.368. The third-order valence-corrected chi connectivity index (χ3v) is 5.20. The fourth-order valence-electron chi connectivity index (χ4n) is 4.04. The number of aromatic hydroxyl groups is 1. The molecule has 2 aromatic rings. The first-order valence-corrected chi connectivity index (χ1v) is 8.31. The highest BCUT2D eigenvalue weighted by molar-refractivity contribution is 5.73. The molecule has 1 saturated heterocycles. The van der Waals surface area contributed by atoms with Gasteiger partial charge < -0.3 is 14.6 Å². The Labute approximate surface area is 140 Å². The van der Waals surface area contributed by atoms with Gasteiger partial charge in [-0.2, -0.15) is 0 Å². The molecular weight excluding hydrogens is 304 g/mol. The largest absolute Gasteiger partial charge is 0.508 e. The molecule has 2 bridgehead atoms. The topological polar surface area (TPSA) is 62.5 Å². The molecule has 5 nitrogen and oxygen atoms in total. The Morgan fingerprint density at radius 1 is 1.08 bits per heavy atom. The quantitative estimate of drug-likeness (QED) is 0.874. The molecule has 2 aliphatic heterocycles. The van der Waals surface area contributed by atoms with E-state index in [2.05, 4.69) is 6.07 Å². The first kappa shape index (κ1) is 15.0. The van der Waals surface area contributed by atoms with E-state index in [9.17, 15) is 14.7 Å². The molecule has 2 atom stereocenters. The Balaban J connectivity index is 1.77. The van der Waals surface area contributed by atoms with Gasteiger partial charge in [0, 0.05) is 44.2 Å². The third-order valence-electron chi connectivity index (χ3n) is 5.20. The van der Waals surface area contributed by atoms with Crippen molar-refractivity contribution >= 4 is 5.91 Å². The first-order chi connectivity index (χ1) is 11.5. The summed E-state index contributed by atoms with van der Waals surface area (Å²) in [4.78, 5) is 26.3. The van der Waals surface area contributed by atoms with E-state index in [4.69, 9.17) is 0 Å². The molecule has 1 amide bonds. The number of carbonyl (C=O) groups excluding carboxylic acids is 1. The number of nitrogens with zero attached hydrogens (tertiary/aromatic N) is 2. The Hall–Kier alpha value is -2.56. The number of phenolic OH excluding ortho intramolecular Hbond substituents is 1. The summed E-state index contributed by atoms with van der Waals surface area (Å²) in [6.45, 7) is 3.73. The highest BCUT2D eigenvalue weighted by Gasteiger charge is 2.35. The Morgan fingerprint density at radius 2 is 1.83 bits per heavy atom. The lowest BCUT2D eigenvalue weighted by molar-refractivity contribution is -0.131. The number of carbonyl (C=O) groups is 1. The van der Waals surface area contributed by atoms with Crippen molar-refractivity contribution < 1.29 is 9.90 Å². The lowest BCUT2D eigenvalue weighted by Gasteiger charge is -2.42. The second-order valence-electron chi connectivity index (χ2n) is 6.89. The lowest BCUT2D eigenvalue weighted by atomic mass is 9.82. The number of aromatic nitrogens is 1. The van der Waals surface area contributed by atoms with E-state index in [0.29, 0.717) is 19.0 Å². The number of hydrogen-bond donors (Lipinski definition) is 1. The third kappa shape index (κ3) is 2.50. The standard InChI is InChI=1S/C19H20N2O3/c1-12(22)20-9-13-6-16(11-20)18-7-15(8-19(24)21(18)10-13)14-2-4-17(23)5-3-14/h2-5,7-8,13,16,23H,6,9-11H2,1H3/t13-,16+/m0/s1. The normalized spacial score (nSPS) is 22.1. The number of pyridine rings is 1. The van der Waals surface area contributed by atoms with Gasteiger partial charge in [0.15, 0.2) is 0 Å². The van der Waals surface area contributed by atoms with Crippen molar-refractivity contribution in [1.82, 2.24) is 9.47 Å². The molecule has 0 saturated carbocycles.